The number of hydrogen-bond donors (Lipinski definition) is 0. The maximum atomic E-state index is 11.8. The first-order valence-electron chi connectivity index (χ1n) is 7.97. The van der Waals surface area contributed by atoms with Crippen molar-refractivity contribution in [3.63, 3.8) is 0 Å². The van der Waals surface area contributed by atoms with Gasteiger partial charge in [-0.3, -0.25) is 4.79 Å². The Morgan fingerprint density at radius 2 is 1.91 bits per heavy atom. The van der Waals surface area contributed by atoms with E-state index >= 15 is 0 Å². The molecule has 1 aliphatic carbocycles. The normalized spacial score (nSPS) is 23.0. The third-order valence-corrected chi connectivity index (χ3v) is 4.05. The second kappa shape index (κ2) is 8.19. The first-order valence-corrected chi connectivity index (χ1v) is 7.97. The van der Waals surface area contributed by atoms with Gasteiger partial charge >= 0.3 is 5.97 Å². The van der Waals surface area contributed by atoms with E-state index in [0.29, 0.717) is 23.9 Å². The molecule has 7 nitrogen and oxygen atoms in total. The molecule has 0 amide bonds. The Labute approximate surface area is 132 Å². The van der Waals surface area contributed by atoms with Gasteiger partial charge in [-0.25, -0.2) is 0 Å². The lowest BCUT2D eigenvalue weighted by atomic mass is 9.85. The molecule has 1 rings (SSSR count). The number of hydrazine groups is 1. The van der Waals surface area contributed by atoms with Gasteiger partial charge in [-0.15, -0.1) is 5.01 Å². The van der Waals surface area contributed by atoms with Gasteiger partial charge in [-0.2, -0.15) is 0 Å². The Morgan fingerprint density at radius 1 is 1.32 bits per heavy atom. The molecule has 22 heavy (non-hydrogen) atoms. The zero-order valence-corrected chi connectivity index (χ0v) is 14.4. The summed E-state index contributed by atoms with van der Waals surface area (Å²) in [7, 11) is 1.68. The van der Waals surface area contributed by atoms with E-state index in [2.05, 4.69) is 5.28 Å². The molecule has 0 bridgehead atoms. The van der Waals surface area contributed by atoms with Crippen LogP contribution in [0.15, 0.2) is 5.28 Å². The minimum atomic E-state index is -0.314. The van der Waals surface area contributed by atoms with Crippen LogP contribution in [-0.4, -0.2) is 41.2 Å². The second-order valence-corrected chi connectivity index (χ2v) is 6.79. The van der Waals surface area contributed by atoms with Crippen LogP contribution in [0.25, 0.3) is 0 Å². The fourth-order valence-electron chi connectivity index (χ4n) is 2.32. The lowest BCUT2D eigenvalue weighted by Crippen LogP contribution is -2.42. The summed E-state index contributed by atoms with van der Waals surface area (Å²) in [4.78, 5) is 17.3. The van der Waals surface area contributed by atoms with E-state index in [0.717, 1.165) is 25.7 Å². The summed E-state index contributed by atoms with van der Waals surface area (Å²) >= 11 is 0. The van der Waals surface area contributed by atoms with E-state index in [9.17, 15) is 10.0 Å². The van der Waals surface area contributed by atoms with Crippen molar-refractivity contribution in [2.75, 3.05) is 13.7 Å². The summed E-state index contributed by atoms with van der Waals surface area (Å²) in [5.41, 5.74) is -0.314. The van der Waals surface area contributed by atoms with Crippen molar-refractivity contribution in [1.29, 1.82) is 0 Å². The molecule has 0 atom stereocenters. The van der Waals surface area contributed by atoms with E-state index in [-0.39, 0.29) is 17.6 Å². The molecule has 0 heterocycles. The van der Waals surface area contributed by atoms with Gasteiger partial charge in [-0.05, 0) is 59.3 Å². The number of hydrogen-bond acceptors (Lipinski definition) is 5. The largest absolute Gasteiger partial charge is 0.569 e. The smallest absolute Gasteiger partial charge is 0.306 e. The van der Waals surface area contributed by atoms with Crippen LogP contribution in [-0.2, 0) is 14.4 Å². The van der Waals surface area contributed by atoms with Gasteiger partial charge in [0.1, 0.15) is 6.10 Å². The van der Waals surface area contributed by atoms with Crippen molar-refractivity contribution in [2.24, 2.45) is 11.2 Å². The van der Waals surface area contributed by atoms with E-state index in [1.54, 1.807) is 7.05 Å². The summed E-state index contributed by atoms with van der Waals surface area (Å²) in [6, 6.07) is 0. The van der Waals surface area contributed by atoms with Crippen molar-refractivity contribution in [1.82, 2.24) is 5.01 Å². The Kier molecular flexibility index (Phi) is 6.90. The van der Waals surface area contributed by atoms with Gasteiger partial charge in [0, 0.05) is 6.42 Å². The van der Waals surface area contributed by atoms with Crippen LogP contribution in [0.1, 0.15) is 59.8 Å². The molecule has 0 aromatic heterocycles. The molecule has 0 unspecified atom stereocenters. The molecule has 1 saturated carbocycles. The molecule has 0 N–H and O–H groups in total. The Hall–Kier alpha value is -1.53. The van der Waals surface area contributed by atoms with Crippen LogP contribution in [0.3, 0.4) is 0 Å². The van der Waals surface area contributed by atoms with Crippen LogP contribution >= 0.6 is 0 Å². The summed E-state index contributed by atoms with van der Waals surface area (Å²) < 4.78 is 4.97. The summed E-state index contributed by atoms with van der Waals surface area (Å²) in [5.74, 6) is 0.216. The molecular weight excluding hydrogens is 286 g/mol. The average molecular weight is 315 g/mol. The topological polar surface area (TPSA) is 77.2 Å². The minimum Gasteiger partial charge on any atom is -0.569 e. The molecule has 1 fully saturated rings. The molecule has 0 aromatic carbocycles. The third kappa shape index (κ3) is 6.07. The van der Waals surface area contributed by atoms with E-state index in [1.807, 2.05) is 27.7 Å². The fourth-order valence-corrected chi connectivity index (χ4v) is 2.32. The van der Waals surface area contributed by atoms with Crippen molar-refractivity contribution < 1.29 is 19.3 Å². The zero-order valence-electron chi connectivity index (χ0n) is 14.4. The molecule has 7 heteroatoms. The highest BCUT2D eigenvalue weighted by Gasteiger charge is 2.27. The maximum absolute atomic E-state index is 11.8. The molecule has 128 valence electrons. The predicted molar refractivity (Wildman–Crippen MR) is 81.7 cm³/mol. The molecular formula is C15H29N3O4. The number of ether oxygens (including phenoxy) is 1. The summed E-state index contributed by atoms with van der Waals surface area (Å²) in [5, 5.41) is 16.9. The van der Waals surface area contributed by atoms with E-state index in [1.165, 1.54) is 5.01 Å². The monoisotopic (exact) mass is 315 g/mol. The summed E-state index contributed by atoms with van der Waals surface area (Å²) in [6.45, 7) is 8.01. The highest BCUT2D eigenvalue weighted by Crippen LogP contribution is 2.29. The number of rotatable bonds is 6. The third-order valence-electron chi connectivity index (χ3n) is 4.05. The number of carbonyl (C=O) groups excluding carboxylic acids is 1. The quantitative estimate of drug-likeness (QED) is 0.326. The SMILES string of the molecule is CCOC(=O)CC1CCC(O/N=[N+](\[O-])N(C)C(C)(C)C)CC1. The first kappa shape index (κ1) is 18.5. The van der Waals surface area contributed by atoms with Crippen LogP contribution < -0.4 is 0 Å². The standard InChI is InChI=1S/C15H29N3O4/c1-6-21-14(19)11-12-7-9-13(10-8-12)22-16-18(20)17(5)15(2,3)4/h12-13H,6-11H2,1-5H3/b18-16-. The minimum absolute atomic E-state index is 0.0525. The van der Waals surface area contributed by atoms with Crippen LogP contribution in [0.2, 0.25) is 0 Å². The lowest BCUT2D eigenvalue weighted by Gasteiger charge is -2.28. The van der Waals surface area contributed by atoms with Gasteiger partial charge in [0.2, 0.25) is 5.28 Å². The molecule has 1 aliphatic rings. The molecule has 0 aromatic rings. The van der Waals surface area contributed by atoms with Gasteiger partial charge in [-0.1, -0.05) is 0 Å². The van der Waals surface area contributed by atoms with Gasteiger partial charge in [0.25, 0.3) is 0 Å². The number of esters is 1. The van der Waals surface area contributed by atoms with Crippen molar-refractivity contribution in [3.8, 4) is 0 Å². The van der Waals surface area contributed by atoms with Gasteiger partial charge < -0.3 is 14.8 Å². The summed E-state index contributed by atoms with van der Waals surface area (Å²) in [6.07, 6.45) is 3.82. The maximum Gasteiger partial charge on any atom is 0.306 e. The highest BCUT2D eigenvalue weighted by atomic mass is 16.7. The van der Waals surface area contributed by atoms with Crippen LogP contribution in [0.4, 0.5) is 0 Å². The Morgan fingerprint density at radius 3 is 2.41 bits per heavy atom. The molecule has 0 spiro atoms. The Bertz CT molecular complexity index is 385. The Balaban J connectivity index is 2.35. The van der Waals surface area contributed by atoms with Crippen molar-refractivity contribution in [3.05, 3.63) is 5.21 Å². The van der Waals surface area contributed by atoms with Gasteiger partial charge in [0.15, 0.2) is 0 Å². The first-order chi connectivity index (χ1) is 10.2. The predicted octanol–water partition coefficient (Wildman–Crippen LogP) is 3.04. The fraction of sp³-hybridized carbons (Fsp3) is 0.933. The lowest BCUT2D eigenvalue weighted by molar-refractivity contribution is -0.720. The van der Waals surface area contributed by atoms with Crippen molar-refractivity contribution in [2.45, 2.75) is 71.4 Å². The second-order valence-electron chi connectivity index (χ2n) is 6.79. The van der Waals surface area contributed by atoms with E-state index < -0.39 is 0 Å². The number of carbonyl (C=O) groups is 1. The molecule has 0 aliphatic heterocycles. The van der Waals surface area contributed by atoms with E-state index in [4.69, 9.17) is 9.57 Å². The van der Waals surface area contributed by atoms with Crippen LogP contribution in [0, 0.1) is 11.1 Å². The zero-order chi connectivity index (χ0) is 16.8. The number of nitrogens with zero attached hydrogens (tertiary/aromatic N) is 3. The molecule has 0 saturated heterocycles. The van der Waals surface area contributed by atoms with Crippen LogP contribution in [0.5, 0.6) is 0 Å². The molecule has 0 radical (unpaired) electrons. The van der Waals surface area contributed by atoms with Crippen molar-refractivity contribution >= 4 is 5.97 Å². The van der Waals surface area contributed by atoms with Gasteiger partial charge in [0.05, 0.1) is 24.2 Å². The highest BCUT2D eigenvalue weighted by molar-refractivity contribution is 5.69. The average Bonchev–Trinajstić information content (AvgIpc) is 2.44.